The van der Waals surface area contributed by atoms with Crippen molar-refractivity contribution < 1.29 is 0 Å². The summed E-state index contributed by atoms with van der Waals surface area (Å²) in [7, 11) is 0. The molecule has 1 saturated heterocycles. The fourth-order valence-corrected chi connectivity index (χ4v) is 4.19. The van der Waals surface area contributed by atoms with E-state index in [1.54, 1.807) is 6.20 Å². The summed E-state index contributed by atoms with van der Waals surface area (Å²) < 4.78 is 1.93. The van der Waals surface area contributed by atoms with Crippen molar-refractivity contribution in [1.29, 1.82) is 0 Å². The van der Waals surface area contributed by atoms with Crippen molar-refractivity contribution in [2.75, 3.05) is 18.0 Å². The number of halogens is 1. The van der Waals surface area contributed by atoms with Crippen LogP contribution in [0.2, 0.25) is 5.02 Å². The van der Waals surface area contributed by atoms with E-state index in [0.29, 0.717) is 22.7 Å². The number of rotatable bonds is 3. The predicted octanol–water partition coefficient (Wildman–Crippen LogP) is 3.80. The topological polar surface area (TPSA) is 75.0 Å². The predicted molar refractivity (Wildman–Crippen MR) is 109 cm³/mol. The first-order valence-electron chi connectivity index (χ1n) is 9.37. The molecule has 28 heavy (non-hydrogen) atoms. The van der Waals surface area contributed by atoms with Gasteiger partial charge in [0.05, 0.1) is 17.4 Å². The third kappa shape index (κ3) is 3.11. The molecule has 142 valence electrons. The number of piperidine rings is 1. The molecule has 0 aromatic carbocycles. The van der Waals surface area contributed by atoms with Crippen molar-refractivity contribution in [3.05, 3.63) is 59.8 Å². The standard InChI is InChI=1S/C20H20ClN7/c1-13-6-14(15-7-24-25-8-15)11-27(10-13)19-4-5-22-20(26-19)17-9-23-18-3-2-16(21)12-28(17)18/h2-5,7-9,12-14H,6,10-11H2,1H3,(H,24,25)/t13-,14-/m1/s1. The molecule has 0 radical (unpaired) electrons. The van der Waals surface area contributed by atoms with E-state index in [2.05, 4.69) is 32.0 Å². The maximum Gasteiger partial charge on any atom is 0.180 e. The minimum Gasteiger partial charge on any atom is -0.356 e. The fraction of sp³-hybridized carbons (Fsp3) is 0.300. The van der Waals surface area contributed by atoms with E-state index in [1.165, 1.54) is 5.56 Å². The number of anilines is 1. The van der Waals surface area contributed by atoms with Crippen LogP contribution in [0.3, 0.4) is 0 Å². The van der Waals surface area contributed by atoms with Gasteiger partial charge in [0, 0.05) is 37.6 Å². The van der Waals surface area contributed by atoms with Gasteiger partial charge < -0.3 is 4.90 Å². The molecule has 5 rings (SSSR count). The molecule has 8 heteroatoms. The summed E-state index contributed by atoms with van der Waals surface area (Å²) in [5.74, 6) is 2.59. The Bertz CT molecular complexity index is 1100. The van der Waals surface area contributed by atoms with E-state index < -0.39 is 0 Å². The maximum absolute atomic E-state index is 6.16. The third-order valence-electron chi connectivity index (χ3n) is 5.31. The summed E-state index contributed by atoms with van der Waals surface area (Å²) in [4.78, 5) is 16.1. The first-order chi connectivity index (χ1) is 13.7. The Labute approximate surface area is 167 Å². The zero-order valence-electron chi connectivity index (χ0n) is 15.5. The number of hydrogen-bond acceptors (Lipinski definition) is 5. The van der Waals surface area contributed by atoms with E-state index in [-0.39, 0.29) is 0 Å². The smallest absolute Gasteiger partial charge is 0.180 e. The van der Waals surface area contributed by atoms with E-state index in [4.69, 9.17) is 16.6 Å². The number of pyridine rings is 1. The zero-order valence-corrected chi connectivity index (χ0v) is 16.2. The molecule has 0 unspecified atom stereocenters. The van der Waals surface area contributed by atoms with E-state index in [1.807, 2.05) is 47.4 Å². The summed E-state index contributed by atoms with van der Waals surface area (Å²) >= 11 is 6.16. The number of hydrogen-bond donors (Lipinski definition) is 1. The molecular weight excluding hydrogens is 374 g/mol. The Morgan fingerprint density at radius 2 is 2.07 bits per heavy atom. The number of aromatic nitrogens is 6. The zero-order chi connectivity index (χ0) is 19.1. The largest absolute Gasteiger partial charge is 0.356 e. The average molecular weight is 394 g/mol. The van der Waals surface area contributed by atoms with Crippen molar-refractivity contribution in [2.45, 2.75) is 19.3 Å². The molecule has 4 aromatic rings. The lowest BCUT2D eigenvalue weighted by Crippen LogP contribution is -2.39. The number of nitrogens with zero attached hydrogens (tertiary/aromatic N) is 6. The van der Waals surface area contributed by atoms with Gasteiger partial charge in [0.25, 0.3) is 0 Å². The highest BCUT2D eigenvalue weighted by Crippen LogP contribution is 2.32. The second-order valence-corrected chi connectivity index (χ2v) is 7.87. The summed E-state index contributed by atoms with van der Waals surface area (Å²) in [6, 6.07) is 5.69. The van der Waals surface area contributed by atoms with Gasteiger partial charge in [-0.3, -0.25) is 9.50 Å². The van der Waals surface area contributed by atoms with Crippen molar-refractivity contribution in [3.8, 4) is 11.5 Å². The minimum absolute atomic E-state index is 0.440. The average Bonchev–Trinajstić information content (AvgIpc) is 3.37. The molecule has 0 aliphatic carbocycles. The molecular formula is C20H20ClN7. The molecule has 1 N–H and O–H groups in total. The van der Waals surface area contributed by atoms with E-state index >= 15 is 0 Å². The van der Waals surface area contributed by atoms with E-state index in [0.717, 1.165) is 36.7 Å². The normalized spacial score (nSPS) is 20.0. The molecule has 4 aromatic heterocycles. The van der Waals surface area contributed by atoms with Gasteiger partial charge in [-0.1, -0.05) is 18.5 Å². The number of imidazole rings is 1. The van der Waals surface area contributed by atoms with Gasteiger partial charge in [0.1, 0.15) is 17.2 Å². The molecule has 0 bridgehead atoms. The fourth-order valence-electron chi connectivity index (χ4n) is 4.03. The second-order valence-electron chi connectivity index (χ2n) is 7.43. The van der Waals surface area contributed by atoms with Crippen molar-refractivity contribution >= 4 is 23.1 Å². The van der Waals surface area contributed by atoms with Crippen LogP contribution in [0.15, 0.2) is 49.2 Å². The number of nitrogens with one attached hydrogen (secondary N) is 1. The van der Waals surface area contributed by atoms with Gasteiger partial charge in [0.2, 0.25) is 0 Å². The molecule has 0 spiro atoms. The Morgan fingerprint density at radius 1 is 1.14 bits per heavy atom. The molecule has 2 atom stereocenters. The molecule has 1 aliphatic rings. The van der Waals surface area contributed by atoms with Crippen LogP contribution in [0.4, 0.5) is 5.82 Å². The van der Waals surface area contributed by atoms with Gasteiger partial charge in [-0.15, -0.1) is 0 Å². The highest BCUT2D eigenvalue weighted by atomic mass is 35.5. The summed E-state index contributed by atoms with van der Waals surface area (Å²) in [6.07, 6.45) is 10.5. The number of aromatic amines is 1. The summed E-state index contributed by atoms with van der Waals surface area (Å²) in [6.45, 7) is 4.18. The first-order valence-corrected chi connectivity index (χ1v) is 9.75. The van der Waals surface area contributed by atoms with Crippen molar-refractivity contribution in [3.63, 3.8) is 0 Å². The van der Waals surface area contributed by atoms with Crippen LogP contribution >= 0.6 is 11.6 Å². The molecule has 0 amide bonds. The Balaban J connectivity index is 1.49. The molecule has 1 aliphatic heterocycles. The van der Waals surface area contributed by atoms with Gasteiger partial charge >= 0.3 is 0 Å². The lowest BCUT2D eigenvalue weighted by atomic mass is 9.87. The number of H-pyrrole nitrogens is 1. The van der Waals surface area contributed by atoms with Crippen LogP contribution in [-0.4, -0.2) is 42.6 Å². The Morgan fingerprint density at radius 3 is 2.93 bits per heavy atom. The highest BCUT2D eigenvalue weighted by molar-refractivity contribution is 6.30. The monoisotopic (exact) mass is 393 g/mol. The van der Waals surface area contributed by atoms with Crippen LogP contribution in [-0.2, 0) is 0 Å². The third-order valence-corrected chi connectivity index (χ3v) is 5.54. The van der Waals surface area contributed by atoms with E-state index in [9.17, 15) is 0 Å². The van der Waals surface area contributed by atoms with Crippen molar-refractivity contribution in [1.82, 2.24) is 29.5 Å². The van der Waals surface area contributed by atoms with Crippen LogP contribution in [0.25, 0.3) is 17.2 Å². The molecule has 5 heterocycles. The quantitative estimate of drug-likeness (QED) is 0.573. The second kappa shape index (κ2) is 6.91. The molecule has 7 nitrogen and oxygen atoms in total. The van der Waals surface area contributed by atoms with Crippen LogP contribution in [0.1, 0.15) is 24.8 Å². The Kier molecular flexibility index (Phi) is 4.24. The molecule has 1 fully saturated rings. The van der Waals surface area contributed by atoms with Crippen molar-refractivity contribution in [2.24, 2.45) is 5.92 Å². The SMILES string of the molecule is C[C@@H]1C[C@@H](c2cn[nH]c2)CN(c2ccnc(-c3cnc4ccc(Cl)cn34)n2)C1. The maximum atomic E-state index is 6.16. The summed E-state index contributed by atoms with van der Waals surface area (Å²) in [5, 5.41) is 7.69. The van der Waals surface area contributed by atoms with Gasteiger partial charge in [0.15, 0.2) is 5.82 Å². The molecule has 0 saturated carbocycles. The van der Waals surface area contributed by atoms with Crippen LogP contribution in [0, 0.1) is 5.92 Å². The van der Waals surface area contributed by atoms with Crippen LogP contribution in [0.5, 0.6) is 0 Å². The van der Waals surface area contributed by atoms with Crippen LogP contribution < -0.4 is 4.90 Å². The van der Waals surface area contributed by atoms with Gasteiger partial charge in [-0.2, -0.15) is 5.10 Å². The lowest BCUT2D eigenvalue weighted by molar-refractivity contribution is 0.400. The Hall–Kier alpha value is -2.93. The summed E-state index contributed by atoms with van der Waals surface area (Å²) in [5.41, 5.74) is 2.90. The lowest BCUT2D eigenvalue weighted by Gasteiger charge is -2.37. The highest BCUT2D eigenvalue weighted by Gasteiger charge is 2.27. The van der Waals surface area contributed by atoms with Gasteiger partial charge in [-0.25, -0.2) is 15.0 Å². The van der Waals surface area contributed by atoms with Gasteiger partial charge in [-0.05, 0) is 36.1 Å². The first kappa shape index (κ1) is 17.2. The minimum atomic E-state index is 0.440. The number of fused-ring (bicyclic) bond motifs is 1.